The van der Waals surface area contributed by atoms with Gasteiger partial charge in [0.15, 0.2) is 0 Å². The van der Waals surface area contributed by atoms with Gasteiger partial charge in [0.05, 0.1) is 22.0 Å². The first-order chi connectivity index (χ1) is 14.8. The average molecular weight is 459 g/mol. The maximum atomic E-state index is 13.0. The van der Waals surface area contributed by atoms with Gasteiger partial charge in [-0.3, -0.25) is 9.59 Å². The van der Waals surface area contributed by atoms with Crippen LogP contribution in [0.5, 0.6) is 0 Å². The highest BCUT2D eigenvalue weighted by Gasteiger charge is 2.17. The van der Waals surface area contributed by atoms with Gasteiger partial charge in [0.1, 0.15) is 10.8 Å². The fourth-order valence-electron chi connectivity index (χ4n) is 2.82. The van der Waals surface area contributed by atoms with Crippen LogP contribution in [0.3, 0.4) is 0 Å². The Morgan fingerprint density at radius 2 is 1.97 bits per heavy atom. The molecule has 0 saturated heterocycles. The van der Waals surface area contributed by atoms with Crippen LogP contribution >= 0.6 is 23.4 Å². The van der Waals surface area contributed by atoms with E-state index in [0.717, 1.165) is 17.0 Å². The third-order valence-corrected chi connectivity index (χ3v) is 5.81. The van der Waals surface area contributed by atoms with Gasteiger partial charge in [0.2, 0.25) is 0 Å². The number of anilines is 1. The molecular weight excluding hydrogens is 436 g/mol. The van der Waals surface area contributed by atoms with Crippen molar-refractivity contribution in [3.63, 3.8) is 0 Å². The first-order valence-corrected chi connectivity index (χ1v) is 11.0. The Hall–Kier alpha value is -2.84. The summed E-state index contributed by atoms with van der Waals surface area (Å²) in [5, 5.41) is 10.5. The molecule has 0 aliphatic carbocycles. The Kier molecular flexibility index (Phi) is 7.35. The Bertz CT molecular complexity index is 1090. The number of thioether (sulfide) groups is 1. The molecule has 0 radical (unpaired) electrons. The van der Waals surface area contributed by atoms with E-state index in [1.807, 2.05) is 27.7 Å². The van der Waals surface area contributed by atoms with Gasteiger partial charge in [-0.1, -0.05) is 16.8 Å². The third-order valence-electron chi connectivity index (χ3n) is 4.45. The molecule has 3 rings (SSSR count). The number of carbonyl (C=O) groups is 2. The summed E-state index contributed by atoms with van der Waals surface area (Å²) >= 11 is 7.68. The van der Waals surface area contributed by atoms with Gasteiger partial charge < -0.3 is 15.2 Å². The first kappa shape index (κ1) is 22.8. The largest absolute Gasteiger partial charge is 0.361 e. The van der Waals surface area contributed by atoms with E-state index in [0.29, 0.717) is 32.6 Å². The predicted molar refractivity (Wildman–Crippen MR) is 122 cm³/mol. The molecule has 7 nitrogen and oxygen atoms in total. The number of hydrogen-bond acceptors (Lipinski definition) is 6. The molecule has 9 heteroatoms. The van der Waals surface area contributed by atoms with E-state index in [2.05, 4.69) is 20.8 Å². The molecule has 162 valence electrons. The molecular formula is C22H23ClN4O3S. The van der Waals surface area contributed by atoms with Gasteiger partial charge in [-0.25, -0.2) is 4.98 Å². The van der Waals surface area contributed by atoms with Crippen molar-refractivity contribution in [2.75, 3.05) is 5.32 Å². The molecule has 0 atom stereocenters. The molecule has 0 unspecified atom stereocenters. The van der Waals surface area contributed by atoms with Crippen LogP contribution in [0.25, 0.3) is 0 Å². The summed E-state index contributed by atoms with van der Waals surface area (Å²) in [7, 11) is 0. The lowest BCUT2D eigenvalue weighted by Crippen LogP contribution is -2.30. The van der Waals surface area contributed by atoms with Gasteiger partial charge in [-0.2, -0.15) is 0 Å². The number of benzene rings is 1. The summed E-state index contributed by atoms with van der Waals surface area (Å²) in [4.78, 5) is 29.6. The number of nitrogens with one attached hydrogen (secondary N) is 2. The summed E-state index contributed by atoms with van der Waals surface area (Å²) in [6.07, 6.45) is 1.64. The van der Waals surface area contributed by atoms with E-state index >= 15 is 0 Å². The highest BCUT2D eigenvalue weighted by Crippen LogP contribution is 2.29. The topological polar surface area (TPSA) is 97.1 Å². The number of amides is 2. The molecule has 0 fully saturated rings. The second-order valence-electron chi connectivity index (χ2n) is 7.22. The number of nitrogens with zero attached hydrogens (tertiary/aromatic N) is 2. The number of aryl methyl sites for hydroxylation is 2. The number of carbonyl (C=O) groups excluding carboxylic acids is 2. The average Bonchev–Trinajstić information content (AvgIpc) is 3.05. The lowest BCUT2D eigenvalue weighted by Gasteiger charge is -2.13. The Morgan fingerprint density at radius 3 is 2.65 bits per heavy atom. The summed E-state index contributed by atoms with van der Waals surface area (Å²) < 4.78 is 5.20. The second kappa shape index (κ2) is 9.98. The predicted octanol–water partition coefficient (Wildman–Crippen LogP) is 5.02. The van der Waals surface area contributed by atoms with Crippen molar-refractivity contribution in [2.24, 2.45) is 0 Å². The van der Waals surface area contributed by atoms with Crippen LogP contribution in [0.15, 0.2) is 46.1 Å². The van der Waals surface area contributed by atoms with Crippen LogP contribution in [-0.4, -0.2) is 28.0 Å². The van der Waals surface area contributed by atoms with Crippen molar-refractivity contribution in [3.05, 3.63) is 69.7 Å². The standard InChI is InChI=1S/C22H23ClN4O3S/c1-12(2)25-20(28)15-7-8-18(23)19(10-15)26-21(29)16-6-5-9-24-22(16)31-11-17-13(3)27-30-14(17)4/h5-10,12H,11H2,1-4H3,(H,25,28)(H,26,29). The minimum Gasteiger partial charge on any atom is -0.361 e. The minimum atomic E-state index is -0.363. The van der Waals surface area contributed by atoms with Crippen LogP contribution in [0.1, 0.15) is 51.6 Å². The summed E-state index contributed by atoms with van der Waals surface area (Å²) in [5.41, 5.74) is 2.97. The fourth-order valence-corrected chi connectivity index (χ4v) is 4.13. The van der Waals surface area contributed by atoms with Gasteiger partial charge in [0, 0.05) is 29.1 Å². The van der Waals surface area contributed by atoms with Crippen LogP contribution < -0.4 is 10.6 Å². The van der Waals surface area contributed by atoms with Crippen molar-refractivity contribution >= 4 is 40.9 Å². The molecule has 0 bridgehead atoms. The van der Waals surface area contributed by atoms with Gasteiger partial charge >= 0.3 is 0 Å². The molecule has 3 aromatic rings. The molecule has 0 aliphatic heterocycles. The Balaban J connectivity index is 1.79. The summed E-state index contributed by atoms with van der Waals surface area (Å²) in [6.45, 7) is 7.48. The maximum Gasteiger partial charge on any atom is 0.258 e. The summed E-state index contributed by atoms with van der Waals surface area (Å²) in [6, 6.07) is 8.15. The van der Waals surface area contributed by atoms with Gasteiger partial charge in [-0.15, -0.1) is 11.8 Å². The third kappa shape index (κ3) is 5.65. The molecule has 0 spiro atoms. The number of rotatable bonds is 7. The van der Waals surface area contributed by atoms with Crippen molar-refractivity contribution in [1.29, 1.82) is 0 Å². The highest BCUT2D eigenvalue weighted by atomic mass is 35.5. The molecule has 0 aliphatic rings. The van der Waals surface area contributed by atoms with E-state index in [-0.39, 0.29) is 17.9 Å². The first-order valence-electron chi connectivity index (χ1n) is 9.67. The van der Waals surface area contributed by atoms with E-state index < -0.39 is 0 Å². The van der Waals surface area contributed by atoms with Crippen LogP contribution in [0.4, 0.5) is 5.69 Å². The zero-order valence-corrected chi connectivity index (χ0v) is 19.2. The lowest BCUT2D eigenvalue weighted by molar-refractivity contribution is 0.0941. The Morgan fingerprint density at radius 1 is 1.19 bits per heavy atom. The Labute approximate surface area is 189 Å². The molecule has 2 heterocycles. The molecule has 31 heavy (non-hydrogen) atoms. The number of hydrogen-bond donors (Lipinski definition) is 2. The fraction of sp³-hybridized carbons (Fsp3) is 0.273. The quantitative estimate of drug-likeness (QED) is 0.482. The molecule has 2 amide bonds. The zero-order valence-electron chi connectivity index (χ0n) is 17.7. The monoisotopic (exact) mass is 458 g/mol. The van der Waals surface area contributed by atoms with E-state index in [1.165, 1.54) is 11.8 Å². The number of pyridine rings is 1. The molecule has 0 saturated carbocycles. The van der Waals surface area contributed by atoms with Gasteiger partial charge in [0.25, 0.3) is 11.8 Å². The van der Waals surface area contributed by atoms with Crippen molar-refractivity contribution in [2.45, 2.75) is 44.5 Å². The molecule has 2 aromatic heterocycles. The smallest absolute Gasteiger partial charge is 0.258 e. The van der Waals surface area contributed by atoms with E-state index in [9.17, 15) is 9.59 Å². The van der Waals surface area contributed by atoms with Crippen LogP contribution in [0.2, 0.25) is 5.02 Å². The van der Waals surface area contributed by atoms with Crippen LogP contribution in [0, 0.1) is 13.8 Å². The van der Waals surface area contributed by atoms with E-state index in [1.54, 1.807) is 36.5 Å². The zero-order chi connectivity index (χ0) is 22.5. The number of aromatic nitrogens is 2. The summed E-state index contributed by atoms with van der Waals surface area (Å²) in [5.74, 6) is 0.719. The van der Waals surface area contributed by atoms with Crippen LogP contribution in [-0.2, 0) is 5.75 Å². The molecule has 2 N–H and O–H groups in total. The van der Waals surface area contributed by atoms with Crippen molar-refractivity contribution in [1.82, 2.24) is 15.5 Å². The van der Waals surface area contributed by atoms with Gasteiger partial charge in [-0.05, 0) is 58.0 Å². The normalized spacial score (nSPS) is 10.9. The highest BCUT2D eigenvalue weighted by molar-refractivity contribution is 7.98. The molecule has 1 aromatic carbocycles. The maximum absolute atomic E-state index is 13.0. The van der Waals surface area contributed by atoms with Crippen molar-refractivity contribution in [3.8, 4) is 0 Å². The SMILES string of the molecule is Cc1noc(C)c1CSc1ncccc1C(=O)Nc1cc(C(=O)NC(C)C)ccc1Cl. The second-order valence-corrected chi connectivity index (χ2v) is 8.60. The number of halogens is 1. The van der Waals surface area contributed by atoms with Crippen molar-refractivity contribution < 1.29 is 14.1 Å². The minimum absolute atomic E-state index is 0.00565. The lowest BCUT2D eigenvalue weighted by atomic mass is 10.1. The van der Waals surface area contributed by atoms with E-state index in [4.69, 9.17) is 16.1 Å².